The molecule has 1 aliphatic heterocycles. The first-order valence-corrected chi connectivity index (χ1v) is 18.5. The van der Waals surface area contributed by atoms with Gasteiger partial charge in [0.1, 0.15) is 0 Å². The van der Waals surface area contributed by atoms with Gasteiger partial charge in [-0.25, -0.2) is 0 Å². The lowest BCUT2D eigenvalue weighted by atomic mass is 9.65. The molecule has 12 rings (SSSR count). The van der Waals surface area contributed by atoms with Gasteiger partial charge in [0.05, 0.1) is 45.9 Å². The summed E-state index contributed by atoms with van der Waals surface area (Å²) in [4.78, 5) is 11.3. The number of rotatable bonds is 3. The quantitative estimate of drug-likeness (QED) is 0.186. The molecule has 5 heteroatoms. The normalized spacial score (nSPS) is 15.4. The molecular formula is C47H28N4S. The van der Waals surface area contributed by atoms with Crippen LogP contribution in [0.5, 0.6) is 0 Å². The predicted molar refractivity (Wildman–Crippen MR) is 215 cm³/mol. The van der Waals surface area contributed by atoms with Crippen LogP contribution in [0.15, 0.2) is 170 Å². The molecule has 4 nitrogen and oxygen atoms in total. The number of thiophene rings is 1. The highest BCUT2D eigenvalue weighted by atomic mass is 32.1. The molecule has 1 unspecified atom stereocenters. The monoisotopic (exact) mass is 680 g/mol. The van der Waals surface area contributed by atoms with E-state index in [-0.39, 0.29) is 0 Å². The molecule has 0 saturated heterocycles. The topological polar surface area (TPSA) is 34.0 Å². The molecule has 0 amide bonds. The lowest BCUT2D eigenvalue weighted by Gasteiger charge is -2.40. The number of nitrogens with zero attached hydrogens (tertiary/aromatic N) is 4. The number of aromatic nitrogens is 3. The van der Waals surface area contributed by atoms with Crippen molar-refractivity contribution in [3.8, 4) is 16.8 Å². The van der Waals surface area contributed by atoms with Crippen molar-refractivity contribution in [2.45, 2.75) is 5.41 Å². The number of benzene rings is 6. The highest BCUT2D eigenvalue weighted by Gasteiger charge is 2.51. The molecule has 52 heavy (non-hydrogen) atoms. The first-order valence-electron chi connectivity index (χ1n) is 17.6. The van der Waals surface area contributed by atoms with E-state index < -0.39 is 5.41 Å². The van der Waals surface area contributed by atoms with E-state index >= 15 is 0 Å². The van der Waals surface area contributed by atoms with Crippen molar-refractivity contribution in [2.75, 3.05) is 4.90 Å². The first-order chi connectivity index (χ1) is 25.8. The van der Waals surface area contributed by atoms with Gasteiger partial charge in [-0.05, 0) is 94.0 Å². The maximum Gasteiger partial charge on any atom is 0.0755 e. The van der Waals surface area contributed by atoms with Gasteiger partial charge in [-0.2, -0.15) is 0 Å². The molecule has 0 bridgehead atoms. The molecule has 1 spiro atoms. The molecule has 5 heterocycles. The first kappa shape index (κ1) is 28.2. The fourth-order valence-electron chi connectivity index (χ4n) is 9.40. The van der Waals surface area contributed by atoms with Gasteiger partial charge in [0.15, 0.2) is 0 Å². The highest BCUT2D eigenvalue weighted by Crippen LogP contribution is 2.63. The number of pyridine rings is 2. The van der Waals surface area contributed by atoms with E-state index in [4.69, 9.17) is 0 Å². The molecule has 0 radical (unpaired) electrons. The summed E-state index contributed by atoms with van der Waals surface area (Å²) in [6.45, 7) is 0. The van der Waals surface area contributed by atoms with Crippen LogP contribution in [0.1, 0.15) is 22.3 Å². The summed E-state index contributed by atoms with van der Waals surface area (Å²) >= 11 is 1.92. The third-order valence-electron chi connectivity index (χ3n) is 11.3. The van der Waals surface area contributed by atoms with Crippen molar-refractivity contribution >= 4 is 70.4 Å². The van der Waals surface area contributed by atoms with E-state index in [1.54, 1.807) is 0 Å². The molecule has 0 N–H and O–H groups in total. The van der Waals surface area contributed by atoms with E-state index in [1.165, 1.54) is 81.0 Å². The van der Waals surface area contributed by atoms with Crippen LogP contribution in [0.2, 0.25) is 0 Å². The maximum atomic E-state index is 4.53. The fraction of sp³-hybridized carbons (Fsp3) is 0.0213. The molecular weight excluding hydrogens is 653 g/mol. The fourth-order valence-corrected chi connectivity index (χ4v) is 10.6. The van der Waals surface area contributed by atoms with Crippen molar-refractivity contribution in [2.24, 2.45) is 0 Å². The zero-order valence-corrected chi connectivity index (χ0v) is 28.7. The number of fused-ring (bicyclic) bond motifs is 16. The average Bonchev–Trinajstić information content (AvgIpc) is 3.85. The summed E-state index contributed by atoms with van der Waals surface area (Å²) in [6, 6.07) is 53.9. The van der Waals surface area contributed by atoms with E-state index in [0.717, 1.165) is 17.1 Å². The summed E-state index contributed by atoms with van der Waals surface area (Å²) in [5, 5.41) is 5.26. The van der Waals surface area contributed by atoms with Crippen LogP contribution in [-0.2, 0) is 5.41 Å². The van der Waals surface area contributed by atoms with Gasteiger partial charge in [-0.1, -0.05) is 84.9 Å². The van der Waals surface area contributed by atoms with Crippen LogP contribution < -0.4 is 4.90 Å². The van der Waals surface area contributed by atoms with E-state index in [2.05, 4.69) is 153 Å². The summed E-state index contributed by atoms with van der Waals surface area (Å²) in [5.74, 6) is 0. The molecule has 242 valence electrons. The molecule has 2 aliphatic rings. The van der Waals surface area contributed by atoms with E-state index in [0.29, 0.717) is 0 Å². The van der Waals surface area contributed by atoms with E-state index in [1.807, 2.05) is 48.3 Å². The van der Waals surface area contributed by atoms with Crippen LogP contribution in [0, 0.1) is 0 Å². The Morgan fingerprint density at radius 1 is 0.519 bits per heavy atom. The third kappa shape index (κ3) is 3.46. The summed E-state index contributed by atoms with van der Waals surface area (Å²) < 4.78 is 5.22. The molecule has 1 aliphatic carbocycles. The van der Waals surface area contributed by atoms with Crippen molar-refractivity contribution in [1.82, 2.24) is 14.5 Å². The Morgan fingerprint density at radius 2 is 1.21 bits per heavy atom. The van der Waals surface area contributed by atoms with Gasteiger partial charge in [0.2, 0.25) is 0 Å². The van der Waals surface area contributed by atoms with E-state index in [9.17, 15) is 0 Å². The molecule has 10 aromatic rings. The zero-order chi connectivity index (χ0) is 34.0. The Morgan fingerprint density at radius 3 is 2.02 bits per heavy atom. The van der Waals surface area contributed by atoms with Crippen molar-refractivity contribution in [3.05, 3.63) is 193 Å². The SMILES string of the molecule is c1cncc(N(c2cccnc2)c2ccc3c(c2)C2(c4ccccc4-3)c3ccccc3-n3c4ccccc4c4c5sc6ccccc6c5cc2c43)c1. The van der Waals surface area contributed by atoms with Crippen LogP contribution in [0.4, 0.5) is 17.1 Å². The van der Waals surface area contributed by atoms with Gasteiger partial charge in [-0.15, -0.1) is 11.3 Å². The van der Waals surface area contributed by atoms with Crippen LogP contribution in [-0.4, -0.2) is 14.5 Å². The van der Waals surface area contributed by atoms with Crippen LogP contribution in [0.25, 0.3) is 58.8 Å². The van der Waals surface area contributed by atoms with Gasteiger partial charge >= 0.3 is 0 Å². The second kappa shape index (κ2) is 10.3. The molecule has 0 saturated carbocycles. The minimum absolute atomic E-state index is 0.575. The Kier molecular flexibility index (Phi) is 5.55. The lowest BCUT2D eigenvalue weighted by molar-refractivity contribution is 0.750. The van der Waals surface area contributed by atoms with Gasteiger partial charge in [0.25, 0.3) is 0 Å². The molecule has 1 atom stereocenters. The summed E-state index contributed by atoms with van der Waals surface area (Å²) in [5.41, 5.74) is 14.0. The zero-order valence-electron chi connectivity index (χ0n) is 27.9. The Labute approximate surface area is 303 Å². The minimum Gasteiger partial charge on any atom is -0.309 e. The van der Waals surface area contributed by atoms with Crippen LogP contribution >= 0.6 is 11.3 Å². The molecule has 6 aromatic carbocycles. The number of hydrogen-bond acceptors (Lipinski definition) is 4. The maximum absolute atomic E-state index is 4.53. The smallest absolute Gasteiger partial charge is 0.0755 e. The van der Waals surface area contributed by atoms with Gasteiger partial charge in [0, 0.05) is 49.0 Å². The number of anilines is 3. The van der Waals surface area contributed by atoms with Crippen molar-refractivity contribution in [3.63, 3.8) is 0 Å². The number of para-hydroxylation sites is 2. The lowest BCUT2D eigenvalue weighted by Crippen LogP contribution is -2.33. The standard InChI is InChI=1S/C47H28N4S/c1-4-16-37-32(13-1)33-22-21-29(50(30-11-9-23-48-27-30)31-12-10-24-49-28-31)25-39(33)47(37)38-17-5-7-19-42(38)51-41-18-6-2-15-35(41)44-45(51)40(47)26-36-34-14-3-8-20-43(34)52-46(36)44/h1-28H. The second-order valence-electron chi connectivity index (χ2n) is 13.8. The largest absolute Gasteiger partial charge is 0.309 e. The number of hydrogen-bond donors (Lipinski definition) is 0. The Bertz CT molecular complexity index is 3050. The Hall–Kier alpha value is -6.56. The average molecular weight is 681 g/mol. The van der Waals surface area contributed by atoms with Gasteiger partial charge < -0.3 is 9.47 Å². The molecule has 0 fully saturated rings. The second-order valence-corrected chi connectivity index (χ2v) is 14.8. The highest BCUT2D eigenvalue weighted by molar-refractivity contribution is 7.26. The molecule has 4 aromatic heterocycles. The predicted octanol–water partition coefficient (Wildman–Crippen LogP) is 12.1. The van der Waals surface area contributed by atoms with Crippen molar-refractivity contribution in [1.29, 1.82) is 0 Å². The third-order valence-corrected chi connectivity index (χ3v) is 12.5. The van der Waals surface area contributed by atoms with Crippen LogP contribution in [0.3, 0.4) is 0 Å². The van der Waals surface area contributed by atoms with Crippen molar-refractivity contribution < 1.29 is 0 Å². The summed E-state index contributed by atoms with van der Waals surface area (Å²) in [6.07, 6.45) is 7.51. The summed E-state index contributed by atoms with van der Waals surface area (Å²) in [7, 11) is 0. The minimum atomic E-state index is -0.575. The Balaban J connectivity index is 1.28. The van der Waals surface area contributed by atoms with Gasteiger partial charge in [-0.3, -0.25) is 9.97 Å².